The van der Waals surface area contributed by atoms with Crippen molar-refractivity contribution in [3.05, 3.63) is 23.4 Å². The van der Waals surface area contributed by atoms with Gasteiger partial charge in [-0.2, -0.15) is 5.10 Å². The van der Waals surface area contributed by atoms with Gasteiger partial charge in [0.1, 0.15) is 0 Å². The van der Waals surface area contributed by atoms with Crippen LogP contribution in [0.4, 0.5) is 5.82 Å². The van der Waals surface area contributed by atoms with Crippen LogP contribution in [0.3, 0.4) is 0 Å². The van der Waals surface area contributed by atoms with E-state index in [1.54, 1.807) is 0 Å². The minimum absolute atomic E-state index is 0.00207. The highest BCUT2D eigenvalue weighted by Gasteiger charge is 2.23. The minimum Gasteiger partial charge on any atom is -0.324 e. The first-order valence-electron chi connectivity index (χ1n) is 5.34. The van der Waals surface area contributed by atoms with E-state index in [0.717, 1.165) is 11.3 Å². The molecule has 1 aromatic rings. The Morgan fingerprint density at radius 1 is 1.56 bits per heavy atom. The maximum atomic E-state index is 11.8. The molecular weight excluding hydrogens is 204 g/mol. The van der Waals surface area contributed by atoms with Crippen LogP contribution in [0, 0.1) is 19.8 Å². The number of nitrogens with zero attached hydrogens (tertiary/aromatic N) is 1. The molecule has 1 amide bonds. The number of hydrogen-bond donors (Lipinski definition) is 3. The summed E-state index contributed by atoms with van der Waals surface area (Å²) in [5.41, 5.74) is 7.64. The minimum atomic E-state index is -0.133. The summed E-state index contributed by atoms with van der Waals surface area (Å²) in [6.45, 7) is 3.84. The summed E-state index contributed by atoms with van der Waals surface area (Å²) in [4.78, 5) is 11.8. The number of nitrogens with two attached hydrogens (primary N) is 1. The van der Waals surface area contributed by atoms with Gasteiger partial charge < -0.3 is 11.1 Å². The molecule has 0 radical (unpaired) electrons. The molecule has 86 valence electrons. The Hall–Kier alpha value is -1.62. The van der Waals surface area contributed by atoms with E-state index in [2.05, 4.69) is 15.5 Å². The Bertz CT molecular complexity index is 435. The molecule has 0 saturated carbocycles. The highest BCUT2D eigenvalue weighted by atomic mass is 16.1. The molecule has 0 fully saturated rings. The van der Waals surface area contributed by atoms with E-state index in [1.807, 2.05) is 26.0 Å². The molecule has 1 aliphatic rings. The number of carbonyl (C=O) groups is 1. The lowest BCUT2D eigenvalue weighted by molar-refractivity contribution is -0.118. The Kier molecular flexibility index (Phi) is 2.78. The first-order valence-corrected chi connectivity index (χ1v) is 5.34. The Labute approximate surface area is 94.1 Å². The smallest absolute Gasteiger partial charge is 0.232 e. The fourth-order valence-corrected chi connectivity index (χ4v) is 1.74. The molecule has 1 aromatic heterocycles. The number of aromatic amines is 1. The van der Waals surface area contributed by atoms with E-state index in [0.29, 0.717) is 12.2 Å². The standard InChI is InChI=1S/C11H16N4O/c1-6-7(2)14-15-10(6)13-11(16)8-3-4-9(12)5-8/h3-4,8-9H,5,12H2,1-2H3,(H2,13,14,15,16). The van der Waals surface area contributed by atoms with Gasteiger partial charge in [0.2, 0.25) is 5.91 Å². The van der Waals surface area contributed by atoms with Crippen LogP contribution in [-0.4, -0.2) is 22.1 Å². The molecule has 2 atom stereocenters. The summed E-state index contributed by atoms with van der Waals surface area (Å²) < 4.78 is 0. The lowest BCUT2D eigenvalue weighted by Gasteiger charge is -2.09. The van der Waals surface area contributed by atoms with E-state index in [9.17, 15) is 4.79 Å². The van der Waals surface area contributed by atoms with Crippen molar-refractivity contribution >= 4 is 11.7 Å². The Balaban J connectivity index is 2.03. The number of carbonyl (C=O) groups excluding carboxylic acids is 1. The van der Waals surface area contributed by atoms with Crippen molar-refractivity contribution in [1.29, 1.82) is 0 Å². The van der Waals surface area contributed by atoms with Crippen LogP contribution in [0.2, 0.25) is 0 Å². The van der Waals surface area contributed by atoms with Crippen LogP contribution < -0.4 is 11.1 Å². The van der Waals surface area contributed by atoms with Crippen molar-refractivity contribution in [2.24, 2.45) is 11.7 Å². The summed E-state index contributed by atoms with van der Waals surface area (Å²) in [7, 11) is 0. The molecule has 1 heterocycles. The number of amides is 1. The van der Waals surface area contributed by atoms with Crippen molar-refractivity contribution in [3.63, 3.8) is 0 Å². The molecule has 0 spiro atoms. The van der Waals surface area contributed by atoms with Gasteiger partial charge in [0.15, 0.2) is 5.82 Å². The summed E-state index contributed by atoms with van der Waals surface area (Å²) in [6.07, 6.45) is 4.40. The lowest BCUT2D eigenvalue weighted by atomic mass is 10.1. The first kappa shape index (κ1) is 10.9. The summed E-state index contributed by atoms with van der Waals surface area (Å²) >= 11 is 0. The second kappa shape index (κ2) is 4.09. The van der Waals surface area contributed by atoms with Crippen molar-refractivity contribution in [1.82, 2.24) is 10.2 Å². The van der Waals surface area contributed by atoms with Crippen molar-refractivity contribution in [2.45, 2.75) is 26.3 Å². The molecule has 2 unspecified atom stereocenters. The molecule has 0 saturated heterocycles. The highest BCUT2D eigenvalue weighted by molar-refractivity contribution is 5.93. The van der Waals surface area contributed by atoms with Gasteiger partial charge in [-0.1, -0.05) is 12.2 Å². The van der Waals surface area contributed by atoms with Gasteiger partial charge in [-0.3, -0.25) is 9.89 Å². The maximum absolute atomic E-state index is 11.8. The SMILES string of the molecule is Cc1[nH]nc(NC(=O)C2C=CC(N)C2)c1C. The third-order valence-corrected chi connectivity index (χ3v) is 2.95. The van der Waals surface area contributed by atoms with Crippen molar-refractivity contribution in [3.8, 4) is 0 Å². The molecule has 16 heavy (non-hydrogen) atoms. The van der Waals surface area contributed by atoms with Crippen LogP contribution in [-0.2, 0) is 4.79 Å². The van der Waals surface area contributed by atoms with Gasteiger partial charge in [0, 0.05) is 17.3 Å². The van der Waals surface area contributed by atoms with Gasteiger partial charge in [0.25, 0.3) is 0 Å². The first-order chi connectivity index (χ1) is 7.58. The molecule has 0 aromatic carbocycles. The predicted octanol–water partition coefficient (Wildman–Crippen LogP) is 0.868. The molecule has 4 N–H and O–H groups in total. The van der Waals surface area contributed by atoms with Gasteiger partial charge in [0.05, 0.1) is 5.92 Å². The van der Waals surface area contributed by atoms with Crippen LogP contribution in [0.25, 0.3) is 0 Å². The van der Waals surface area contributed by atoms with Crippen LogP contribution in [0.5, 0.6) is 0 Å². The number of rotatable bonds is 2. The molecule has 0 bridgehead atoms. The molecule has 1 aliphatic carbocycles. The number of aromatic nitrogens is 2. The average molecular weight is 220 g/mol. The second-order valence-corrected chi connectivity index (χ2v) is 4.20. The lowest BCUT2D eigenvalue weighted by Crippen LogP contribution is -2.24. The highest BCUT2D eigenvalue weighted by Crippen LogP contribution is 2.20. The zero-order chi connectivity index (χ0) is 11.7. The fraction of sp³-hybridized carbons (Fsp3) is 0.455. The van der Waals surface area contributed by atoms with Gasteiger partial charge in [-0.25, -0.2) is 0 Å². The zero-order valence-electron chi connectivity index (χ0n) is 9.45. The Morgan fingerprint density at radius 2 is 2.31 bits per heavy atom. The molecule has 0 aliphatic heterocycles. The van der Waals surface area contributed by atoms with Gasteiger partial charge in [-0.05, 0) is 20.3 Å². The zero-order valence-corrected chi connectivity index (χ0v) is 9.45. The van der Waals surface area contributed by atoms with Gasteiger partial charge >= 0.3 is 0 Å². The van der Waals surface area contributed by atoms with E-state index < -0.39 is 0 Å². The molecule has 5 nitrogen and oxygen atoms in total. The summed E-state index contributed by atoms with van der Waals surface area (Å²) in [5.74, 6) is 0.432. The number of nitrogens with one attached hydrogen (secondary N) is 2. The van der Waals surface area contributed by atoms with E-state index in [4.69, 9.17) is 5.73 Å². The quantitative estimate of drug-likeness (QED) is 0.646. The fourth-order valence-electron chi connectivity index (χ4n) is 1.74. The molecular formula is C11H16N4O. The van der Waals surface area contributed by atoms with Crippen LogP contribution in [0.1, 0.15) is 17.7 Å². The molecule has 5 heteroatoms. The topological polar surface area (TPSA) is 83.8 Å². The third-order valence-electron chi connectivity index (χ3n) is 2.95. The Morgan fingerprint density at radius 3 is 2.81 bits per heavy atom. The van der Waals surface area contributed by atoms with E-state index >= 15 is 0 Å². The predicted molar refractivity (Wildman–Crippen MR) is 61.9 cm³/mol. The van der Waals surface area contributed by atoms with E-state index in [-0.39, 0.29) is 17.9 Å². The summed E-state index contributed by atoms with van der Waals surface area (Å²) in [5, 5.41) is 9.67. The van der Waals surface area contributed by atoms with Crippen LogP contribution in [0.15, 0.2) is 12.2 Å². The second-order valence-electron chi connectivity index (χ2n) is 4.20. The normalized spacial score (nSPS) is 23.7. The number of H-pyrrole nitrogens is 1. The summed E-state index contributed by atoms with van der Waals surface area (Å²) in [6, 6.07) is -0.00207. The largest absolute Gasteiger partial charge is 0.324 e. The van der Waals surface area contributed by atoms with Crippen LogP contribution >= 0.6 is 0 Å². The van der Waals surface area contributed by atoms with Crippen molar-refractivity contribution in [2.75, 3.05) is 5.32 Å². The van der Waals surface area contributed by atoms with Crippen molar-refractivity contribution < 1.29 is 4.79 Å². The van der Waals surface area contributed by atoms with E-state index in [1.165, 1.54) is 0 Å². The molecule has 2 rings (SSSR count). The number of hydrogen-bond acceptors (Lipinski definition) is 3. The monoisotopic (exact) mass is 220 g/mol. The third kappa shape index (κ3) is 1.99. The maximum Gasteiger partial charge on any atom is 0.232 e. The van der Waals surface area contributed by atoms with Gasteiger partial charge in [-0.15, -0.1) is 0 Å². The number of aryl methyl sites for hydroxylation is 1. The average Bonchev–Trinajstić information content (AvgIpc) is 2.79. The number of anilines is 1.